The number of nitrogens with zero attached hydrogens (tertiary/aromatic N) is 3. The molecule has 8 heteroatoms. The third kappa shape index (κ3) is 7.86. The number of rotatable bonds is 13. The average Bonchev–Trinajstić information content (AvgIpc) is 3.23. The zero-order chi connectivity index (χ0) is 26.0. The maximum Gasteiger partial charge on any atom is 0.155 e. The highest BCUT2D eigenvalue weighted by atomic mass is 35.5. The summed E-state index contributed by atoms with van der Waals surface area (Å²) < 4.78 is 13.9. The summed E-state index contributed by atoms with van der Waals surface area (Å²) in [5.41, 5.74) is 1.94. The lowest BCUT2D eigenvalue weighted by molar-refractivity contribution is 0.191. The lowest BCUT2D eigenvalue weighted by Crippen LogP contribution is -2.32. The molecule has 2 rings (SSSR count). The second-order valence-electron chi connectivity index (χ2n) is 9.24. The van der Waals surface area contributed by atoms with Crippen LogP contribution in [0.5, 0.6) is 0 Å². The number of aromatic nitrogens is 2. The molecule has 0 fully saturated rings. The van der Waals surface area contributed by atoms with Crippen molar-refractivity contribution in [1.82, 2.24) is 15.3 Å². The molecule has 0 aromatic carbocycles. The molecule has 0 bridgehead atoms. The van der Waals surface area contributed by atoms with E-state index in [-0.39, 0.29) is 17.2 Å². The van der Waals surface area contributed by atoms with Crippen molar-refractivity contribution in [3.63, 3.8) is 0 Å². The largest absolute Gasteiger partial charge is 0.368 e. The van der Waals surface area contributed by atoms with Crippen LogP contribution in [0, 0.1) is 22.7 Å². The van der Waals surface area contributed by atoms with Gasteiger partial charge in [-0.05, 0) is 42.5 Å². The number of hydrogen-bond acceptors (Lipinski definition) is 5. The van der Waals surface area contributed by atoms with Crippen molar-refractivity contribution in [3.05, 3.63) is 77.8 Å². The van der Waals surface area contributed by atoms with Gasteiger partial charge in [-0.25, -0.2) is 14.4 Å². The van der Waals surface area contributed by atoms with E-state index in [0.29, 0.717) is 51.7 Å². The van der Waals surface area contributed by atoms with Gasteiger partial charge in [0, 0.05) is 47.9 Å². The summed E-state index contributed by atoms with van der Waals surface area (Å²) in [7, 11) is 0. The van der Waals surface area contributed by atoms with Gasteiger partial charge in [-0.1, -0.05) is 58.0 Å². The van der Waals surface area contributed by atoms with Crippen LogP contribution in [0.3, 0.4) is 0 Å². The molecule has 0 aliphatic heterocycles. The maximum atomic E-state index is 13.9. The highest BCUT2D eigenvalue weighted by molar-refractivity contribution is 6.32. The Morgan fingerprint density at radius 3 is 2.77 bits per heavy atom. The van der Waals surface area contributed by atoms with Crippen molar-refractivity contribution in [1.29, 1.82) is 5.41 Å². The lowest BCUT2D eigenvalue weighted by Gasteiger charge is -2.34. The fraction of sp³-hybridized carbons (Fsp3) is 0.333. The first-order chi connectivity index (χ1) is 16.6. The molecule has 186 valence electrons. The van der Waals surface area contributed by atoms with Crippen molar-refractivity contribution >= 4 is 41.3 Å². The third-order valence-electron chi connectivity index (χ3n) is 6.08. The van der Waals surface area contributed by atoms with Gasteiger partial charge in [0.1, 0.15) is 12.0 Å². The van der Waals surface area contributed by atoms with E-state index in [2.05, 4.69) is 72.3 Å². The lowest BCUT2D eigenvalue weighted by atomic mass is 9.73. The Morgan fingerprint density at radius 1 is 1.37 bits per heavy atom. The molecule has 0 aliphatic carbocycles. The van der Waals surface area contributed by atoms with Crippen LogP contribution in [-0.2, 0) is 0 Å². The van der Waals surface area contributed by atoms with Crippen LogP contribution < -0.4 is 5.32 Å². The fourth-order valence-corrected chi connectivity index (χ4v) is 3.93. The quantitative estimate of drug-likeness (QED) is 0.205. The van der Waals surface area contributed by atoms with Crippen LogP contribution in [0.25, 0.3) is 11.0 Å². The number of allylic oxidation sites excluding steroid dienone is 4. The number of aliphatic imine (C=N–C) groups is 2. The van der Waals surface area contributed by atoms with Gasteiger partial charge in [0.2, 0.25) is 0 Å². The van der Waals surface area contributed by atoms with E-state index in [0.717, 1.165) is 12.6 Å². The van der Waals surface area contributed by atoms with Gasteiger partial charge in [-0.15, -0.1) is 0 Å². The molecular weight excluding hydrogens is 463 g/mol. The summed E-state index contributed by atoms with van der Waals surface area (Å²) in [5, 5.41) is 12.0. The van der Waals surface area contributed by atoms with Crippen molar-refractivity contribution < 1.29 is 4.39 Å². The zero-order valence-corrected chi connectivity index (χ0v) is 21.5. The first kappa shape index (κ1) is 27.9. The molecule has 6 nitrogen and oxygen atoms in total. The topological polar surface area (TPSA) is 89.3 Å². The molecule has 0 saturated heterocycles. The van der Waals surface area contributed by atoms with Crippen LogP contribution in [0.2, 0.25) is 5.02 Å². The van der Waals surface area contributed by atoms with Gasteiger partial charge in [0.25, 0.3) is 0 Å². The van der Waals surface area contributed by atoms with E-state index < -0.39 is 0 Å². The molecule has 2 aromatic heterocycles. The van der Waals surface area contributed by atoms with Crippen LogP contribution in [0.15, 0.2) is 77.2 Å². The normalized spacial score (nSPS) is 15.0. The van der Waals surface area contributed by atoms with Crippen LogP contribution in [0.4, 0.5) is 4.39 Å². The van der Waals surface area contributed by atoms with E-state index in [9.17, 15) is 4.39 Å². The van der Waals surface area contributed by atoms with Gasteiger partial charge in [0.15, 0.2) is 5.82 Å². The van der Waals surface area contributed by atoms with E-state index in [4.69, 9.17) is 17.0 Å². The molecule has 0 saturated carbocycles. The Kier molecular flexibility index (Phi) is 10.3. The Morgan fingerprint density at radius 2 is 2.11 bits per heavy atom. The second kappa shape index (κ2) is 13.0. The molecule has 2 unspecified atom stereocenters. The number of hydrogen-bond donors (Lipinski definition) is 3. The minimum Gasteiger partial charge on any atom is -0.368 e. The number of halogens is 2. The Labute approximate surface area is 212 Å². The zero-order valence-electron chi connectivity index (χ0n) is 20.8. The fourth-order valence-electron chi connectivity index (χ4n) is 3.77. The SMILES string of the molecule is C=N/C=C\C=C/C(C)CC(C)(C)C(C)CN/C(=C\F)N=C(C(=C)C=N)c1c[nH]c2ncc(Cl)cc12. The van der Waals surface area contributed by atoms with E-state index >= 15 is 0 Å². The van der Waals surface area contributed by atoms with Gasteiger partial charge in [-0.3, -0.25) is 4.99 Å². The molecular formula is C27H34ClFN6. The smallest absolute Gasteiger partial charge is 0.155 e. The number of fused-ring (bicyclic) bond motifs is 1. The maximum absolute atomic E-state index is 13.9. The van der Waals surface area contributed by atoms with Crippen molar-refractivity contribution in [2.75, 3.05) is 6.54 Å². The summed E-state index contributed by atoms with van der Waals surface area (Å²) in [4.78, 5) is 15.5. The highest BCUT2D eigenvalue weighted by Gasteiger charge is 2.27. The summed E-state index contributed by atoms with van der Waals surface area (Å²) in [6, 6.07) is 1.75. The standard InChI is InChI=1S/C27H34ClFN6/c1-18(9-7-8-10-31-6)12-27(4,5)20(3)15-32-24(13-29)35-25(19(2)14-30)23-17-34-26-22(23)11-21(28)16-33-26/h7-11,13-14,16-18,20,30,32H,2,6,12,15H2,1,3-5H3,(H,33,34)/b9-7-,10-8-,24-13+,30-14?,35-25?. The van der Waals surface area contributed by atoms with Crippen LogP contribution in [-0.4, -0.2) is 35.2 Å². The van der Waals surface area contributed by atoms with Crippen LogP contribution in [0.1, 0.15) is 39.7 Å². The number of aromatic amines is 1. The number of H-pyrrole nitrogens is 1. The molecule has 0 spiro atoms. The second-order valence-corrected chi connectivity index (χ2v) is 9.67. The minimum absolute atomic E-state index is 0.0110. The third-order valence-corrected chi connectivity index (χ3v) is 6.29. The van der Waals surface area contributed by atoms with E-state index in [1.807, 2.05) is 12.2 Å². The molecule has 2 heterocycles. The number of nitrogens with one attached hydrogen (secondary N) is 3. The summed E-state index contributed by atoms with van der Waals surface area (Å²) in [5.74, 6) is 0.644. The monoisotopic (exact) mass is 496 g/mol. The predicted octanol–water partition coefficient (Wildman–Crippen LogP) is 7.03. The molecule has 35 heavy (non-hydrogen) atoms. The average molecular weight is 497 g/mol. The molecule has 0 aliphatic rings. The molecule has 2 atom stereocenters. The van der Waals surface area contributed by atoms with Gasteiger partial charge < -0.3 is 15.7 Å². The van der Waals surface area contributed by atoms with Crippen molar-refractivity contribution in [2.45, 2.75) is 34.1 Å². The van der Waals surface area contributed by atoms with Crippen molar-refractivity contribution in [3.8, 4) is 0 Å². The molecule has 3 N–H and O–H groups in total. The molecule has 0 amide bonds. The molecule has 0 radical (unpaired) electrons. The highest BCUT2D eigenvalue weighted by Crippen LogP contribution is 2.34. The summed E-state index contributed by atoms with van der Waals surface area (Å²) in [6.07, 6.45) is 13.3. The van der Waals surface area contributed by atoms with Gasteiger partial charge in [0.05, 0.1) is 10.7 Å². The minimum atomic E-state index is -0.0110. The Bertz CT molecular complexity index is 1170. The Balaban J connectivity index is 2.19. The first-order valence-corrected chi connectivity index (χ1v) is 11.8. The van der Waals surface area contributed by atoms with Crippen LogP contribution >= 0.6 is 11.6 Å². The Hall–Kier alpha value is -3.32. The summed E-state index contributed by atoms with van der Waals surface area (Å²) in [6.45, 7) is 16.6. The van der Waals surface area contributed by atoms with Gasteiger partial charge in [-0.2, -0.15) is 0 Å². The van der Waals surface area contributed by atoms with E-state index in [1.54, 1.807) is 18.5 Å². The predicted molar refractivity (Wildman–Crippen MR) is 147 cm³/mol. The van der Waals surface area contributed by atoms with Crippen molar-refractivity contribution in [2.24, 2.45) is 27.2 Å². The number of pyridine rings is 1. The van der Waals surface area contributed by atoms with Gasteiger partial charge >= 0.3 is 0 Å². The molecule has 2 aromatic rings. The summed E-state index contributed by atoms with van der Waals surface area (Å²) >= 11 is 6.12. The first-order valence-electron chi connectivity index (χ1n) is 11.4. The van der Waals surface area contributed by atoms with E-state index in [1.165, 1.54) is 6.20 Å².